The van der Waals surface area contributed by atoms with Crippen LogP contribution in [-0.2, 0) is 6.54 Å². The van der Waals surface area contributed by atoms with Gasteiger partial charge in [0.15, 0.2) is 0 Å². The highest BCUT2D eigenvalue weighted by atomic mass is 35.5. The lowest BCUT2D eigenvalue weighted by Gasteiger charge is -2.36. The van der Waals surface area contributed by atoms with E-state index in [1.54, 1.807) is 7.11 Å². The number of nitrogens with zero attached hydrogens (tertiary/aromatic N) is 3. The van der Waals surface area contributed by atoms with E-state index in [2.05, 4.69) is 32.3 Å². The van der Waals surface area contributed by atoms with Crippen molar-refractivity contribution in [3.05, 3.63) is 53.6 Å². The van der Waals surface area contributed by atoms with Crippen LogP contribution in [0, 0.1) is 6.92 Å². The minimum absolute atomic E-state index is 0. The highest BCUT2D eigenvalue weighted by Gasteiger charge is 2.24. The third-order valence-corrected chi connectivity index (χ3v) is 4.03. The molecule has 124 valence electrons. The van der Waals surface area contributed by atoms with Crippen LogP contribution in [0.3, 0.4) is 0 Å². The molecule has 5 nitrogen and oxygen atoms in total. The fourth-order valence-electron chi connectivity index (χ4n) is 2.96. The third kappa shape index (κ3) is 4.41. The monoisotopic (exact) mass is 334 g/mol. The van der Waals surface area contributed by atoms with E-state index in [0.29, 0.717) is 6.04 Å². The number of hydrogen-bond donors (Lipinski definition) is 1. The molecule has 23 heavy (non-hydrogen) atoms. The molecule has 0 spiro atoms. The van der Waals surface area contributed by atoms with Crippen LogP contribution in [0.25, 0.3) is 0 Å². The molecular weight excluding hydrogens is 312 g/mol. The lowest BCUT2D eigenvalue weighted by molar-refractivity contribution is 0.151. The van der Waals surface area contributed by atoms with Gasteiger partial charge in [-0.1, -0.05) is 0 Å². The average Bonchev–Trinajstić information content (AvgIpc) is 2.55. The van der Waals surface area contributed by atoms with Crippen molar-refractivity contribution in [1.82, 2.24) is 20.2 Å². The molecule has 0 aliphatic carbocycles. The van der Waals surface area contributed by atoms with E-state index in [0.717, 1.165) is 43.3 Å². The zero-order valence-electron chi connectivity index (χ0n) is 13.5. The molecule has 1 aliphatic rings. The second-order valence-corrected chi connectivity index (χ2v) is 5.61. The predicted octanol–water partition coefficient (Wildman–Crippen LogP) is 2.36. The molecule has 0 radical (unpaired) electrons. The summed E-state index contributed by atoms with van der Waals surface area (Å²) in [5, 5.41) is 3.48. The minimum Gasteiger partial charge on any atom is -0.497 e. The second kappa shape index (κ2) is 8.24. The summed E-state index contributed by atoms with van der Waals surface area (Å²) in [6.45, 7) is 5.79. The third-order valence-electron chi connectivity index (χ3n) is 4.03. The molecule has 1 saturated heterocycles. The number of pyridine rings is 2. The fourth-order valence-corrected chi connectivity index (χ4v) is 2.96. The molecule has 3 heterocycles. The van der Waals surface area contributed by atoms with Crippen LogP contribution in [0.5, 0.6) is 5.75 Å². The highest BCUT2D eigenvalue weighted by molar-refractivity contribution is 5.85. The summed E-state index contributed by atoms with van der Waals surface area (Å²) in [6.07, 6.45) is 3.71. The summed E-state index contributed by atoms with van der Waals surface area (Å²) in [4.78, 5) is 11.2. The van der Waals surface area contributed by atoms with Crippen molar-refractivity contribution in [2.24, 2.45) is 0 Å². The summed E-state index contributed by atoms with van der Waals surface area (Å²) in [7, 11) is 1.70. The van der Waals surface area contributed by atoms with E-state index in [9.17, 15) is 0 Å². The SMILES string of the molecule is COc1cc(C)nc(CN2CCNCC2c2ccncc2)c1.Cl. The zero-order valence-corrected chi connectivity index (χ0v) is 14.3. The van der Waals surface area contributed by atoms with Gasteiger partial charge in [-0.2, -0.15) is 0 Å². The average molecular weight is 335 g/mol. The van der Waals surface area contributed by atoms with Crippen LogP contribution in [0.1, 0.15) is 23.0 Å². The van der Waals surface area contributed by atoms with Crippen molar-refractivity contribution in [1.29, 1.82) is 0 Å². The Morgan fingerprint density at radius 3 is 2.83 bits per heavy atom. The summed E-state index contributed by atoms with van der Waals surface area (Å²) in [5.41, 5.74) is 3.34. The normalized spacial score (nSPS) is 18.3. The zero-order chi connectivity index (χ0) is 15.4. The molecule has 1 aliphatic heterocycles. The molecule has 2 aromatic rings. The maximum Gasteiger partial charge on any atom is 0.122 e. The van der Waals surface area contributed by atoms with Crippen molar-refractivity contribution in [2.75, 3.05) is 26.7 Å². The molecular formula is C17H23ClN4O. The molecule has 3 rings (SSSR count). The molecule has 1 atom stereocenters. The number of ether oxygens (including phenoxy) is 1. The Labute approximate surface area is 143 Å². The second-order valence-electron chi connectivity index (χ2n) is 5.61. The van der Waals surface area contributed by atoms with Gasteiger partial charge in [-0.25, -0.2) is 0 Å². The van der Waals surface area contributed by atoms with Crippen molar-refractivity contribution < 1.29 is 4.74 Å². The number of rotatable bonds is 4. The summed E-state index contributed by atoms with van der Waals surface area (Å²) in [5.74, 6) is 0.873. The van der Waals surface area contributed by atoms with E-state index in [-0.39, 0.29) is 12.4 Å². The van der Waals surface area contributed by atoms with Crippen molar-refractivity contribution in [2.45, 2.75) is 19.5 Å². The first kappa shape index (κ1) is 17.7. The minimum atomic E-state index is 0. The Morgan fingerprint density at radius 2 is 2.09 bits per heavy atom. The maximum absolute atomic E-state index is 5.36. The Hall–Kier alpha value is -1.69. The lowest BCUT2D eigenvalue weighted by atomic mass is 10.0. The Kier molecular flexibility index (Phi) is 6.33. The van der Waals surface area contributed by atoms with Gasteiger partial charge in [0.2, 0.25) is 0 Å². The van der Waals surface area contributed by atoms with Crippen LogP contribution >= 0.6 is 12.4 Å². The summed E-state index contributed by atoms with van der Waals surface area (Å²) < 4.78 is 5.36. The fraction of sp³-hybridized carbons (Fsp3) is 0.412. The predicted molar refractivity (Wildman–Crippen MR) is 93.0 cm³/mol. The van der Waals surface area contributed by atoms with E-state index < -0.39 is 0 Å². The standard InChI is InChI=1S/C17H22N4O.ClH/c1-13-9-16(22-2)10-15(20-13)12-21-8-7-19-11-17(21)14-3-5-18-6-4-14;/h3-6,9-10,17,19H,7-8,11-12H2,1-2H3;1H. The van der Waals surface area contributed by atoms with E-state index in [1.807, 2.05) is 31.5 Å². The van der Waals surface area contributed by atoms with Gasteiger partial charge < -0.3 is 10.1 Å². The Morgan fingerprint density at radius 1 is 1.30 bits per heavy atom. The molecule has 6 heteroatoms. The molecule has 0 aromatic carbocycles. The maximum atomic E-state index is 5.36. The number of piperazine rings is 1. The lowest BCUT2D eigenvalue weighted by Crippen LogP contribution is -2.45. The van der Waals surface area contributed by atoms with Gasteiger partial charge >= 0.3 is 0 Å². The number of halogens is 1. The summed E-state index contributed by atoms with van der Waals surface area (Å²) in [6, 6.07) is 8.52. The molecule has 1 N–H and O–H groups in total. The first-order valence-electron chi connectivity index (χ1n) is 7.62. The number of aromatic nitrogens is 2. The van der Waals surface area contributed by atoms with Gasteiger partial charge in [-0.15, -0.1) is 12.4 Å². The largest absolute Gasteiger partial charge is 0.497 e. The van der Waals surface area contributed by atoms with Crippen LogP contribution in [0.15, 0.2) is 36.7 Å². The molecule has 0 saturated carbocycles. The quantitative estimate of drug-likeness (QED) is 0.930. The van der Waals surface area contributed by atoms with Crippen molar-refractivity contribution in [3.63, 3.8) is 0 Å². The van der Waals surface area contributed by atoms with E-state index >= 15 is 0 Å². The number of hydrogen-bond acceptors (Lipinski definition) is 5. The first-order chi connectivity index (χ1) is 10.8. The van der Waals surface area contributed by atoms with Crippen LogP contribution in [0.4, 0.5) is 0 Å². The molecule has 1 fully saturated rings. The molecule has 1 unspecified atom stereocenters. The van der Waals surface area contributed by atoms with E-state index in [4.69, 9.17) is 4.74 Å². The van der Waals surface area contributed by atoms with Crippen molar-refractivity contribution >= 4 is 12.4 Å². The van der Waals surface area contributed by atoms with Crippen molar-refractivity contribution in [3.8, 4) is 5.75 Å². The van der Waals surface area contributed by atoms with Gasteiger partial charge in [0, 0.05) is 62.4 Å². The first-order valence-corrected chi connectivity index (χ1v) is 7.62. The van der Waals surface area contributed by atoms with E-state index in [1.165, 1.54) is 5.56 Å². The topological polar surface area (TPSA) is 50.3 Å². The number of aryl methyl sites for hydroxylation is 1. The molecule has 0 amide bonds. The van der Waals surface area contributed by atoms with Crippen LogP contribution < -0.4 is 10.1 Å². The van der Waals surface area contributed by atoms with Gasteiger partial charge in [-0.3, -0.25) is 14.9 Å². The van der Waals surface area contributed by atoms with Crippen LogP contribution in [0.2, 0.25) is 0 Å². The molecule has 0 bridgehead atoms. The summed E-state index contributed by atoms with van der Waals surface area (Å²) >= 11 is 0. The van der Waals surface area contributed by atoms with Gasteiger partial charge in [0.05, 0.1) is 12.8 Å². The molecule has 2 aromatic heterocycles. The van der Waals surface area contributed by atoms with Crippen LogP contribution in [-0.4, -0.2) is 41.6 Å². The number of nitrogens with one attached hydrogen (secondary N) is 1. The highest BCUT2D eigenvalue weighted by Crippen LogP contribution is 2.24. The Bertz CT molecular complexity index is 623. The Balaban J connectivity index is 0.00000192. The smallest absolute Gasteiger partial charge is 0.122 e. The van der Waals surface area contributed by atoms with Gasteiger partial charge in [0.1, 0.15) is 5.75 Å². The number of methoxy groups -OCH3 is 1. The van der Waals surface area contributed by atoms with Gasteiger partial charge in [0.25, 0.3) is 0 Å². The van der Waals surface area contributed by atoms with Gasteiger partial charge in [-0.05, 0) is 24.6 Å².